The molecule has 1 aromatic heterocycles. The third-order valence-electron chi connectivity index (χ3n) is 2.78. The van der Waals surface area contributed by atoms with Crippen LogP contribution in [0.25, 0.3) is 0 Å². The van der Waals surface area contributed by atoms with Crippen molar-refractivity contribution in [3.63, 3.8) is 0 Å². The summed E-state index contributed by atoms with van der Waals surface area (Å²) >= 11 is 1.55. The molecule has 0 radical (unpaired) electrons. The molecule has 1 aliphatic heterocycles. The first-order chi connectivity index (χ1) is 7.29. The van der Waals surface area contributed by atoms with E-state index in [9.17, 15) is 4.79 Å². The predicted octanol–water partition coefficient (Wildman–Crippen LogP) is 1.74. The van der Waals surface area contributed by atoms with Crippen LogP contribution in [0.15, 0.2) is 17.5 Å². The minimum absolute atomic E-state index is 0.0934. The van der Waals surface area contributed by atoms with Gasteiger partial charge < -0.3 is 10.5 Å². The van der Waals surface area contributed by atoms with E-state index < -0.39 is 6.04 Å². The zero-order chi connectivity index (χ0) is 10.7. The Bertz CT molecular complexity index is 317. The number of thiophene rings is 1. The number of hydrogen-bond donors (Lipinski definition) is 1. The monoisotopic (exact) mass is 225 g/mol. The molecule has 1 saturated heterocycles. The number of carbonyl (C=O) groups is 1. The maximum absolute atomic E-state index is 12.0. The van der Waals surface area contributed by atoms with E-state index in [2.05, 4.69) is 0 Å². The highest BCUT2D eigenvalue weighted by atomic mass is 32.1. The minimum Gasteiger partial charge on any atom is -0.381 e. The van der Waals surface area contributed by atoms with Crippen molar-refractivity contribution in [2.75, 3.05) is 13.2 Å². The van der Waals surface area contributed by atoms with Crippen LogP contribution in [0, 0.1) is 5.92 Å². The average molecular weight is 225 g/mol. The van der Waals surface area contributed by atoms with Gasteiger partial charge >= 0.3 is 0 Å². The Morgan fingerprint density at radius 1 is 1.53 bits per heavy atom. The lowest BCUT2D eigenvalue weighted by Crippen LogP contribution is -2.31. The van der Waals surface area contributed by atoms with Gasteiger partial charge in [0.25, 0.3) is 0 Å². The first kappa shape index (κ1) is 10.8. The summed E-state index contributed by atoms with van der Waals surface area (Å²) in [5.74, 6) is 0.261. The molecule has 0 amide bonds. The highest BCUT2D eigenvalue weighted by Crippen LogP contribution is 2.25. The molecule has 1 aliphatic rings. The van der Waals surface area contributed by atoms with Gasteiger partial charge in [-0.2, -0.15) is 0 Å². The topological polar surface area (TPSA) is 52.3 Å². The molecule has 0 bridgehead atoms. The van der Waals surface area contributed by atoms with E-state index in [1.54, 1.807) is 11.3 Å². The molecule has 1 fully saturated rings. The van der Waals surface area contributed by atoms with Crippen LogP contribution in [0.1, 0.15) is 23.8 Å². The standard InChI is InChI=1S/C11H15NO2S/c12-10(9-2-1-7-15-9)11(13)8-3-5-14-6-4-8/h1-2,7-8,10H,3-6,12H2. The van der Waals surface area contributed by atoms with E-state index >= 15 is 0 Å². The van der Waals surface area contributed by atoms with Gasteiger partial charge in [0.1, 0.15) is 0 Å². The van der Waals surface area contributed by atoms with E-state index in [0.717, 1.165) is 17.7 Å². The number of Topliss-reactive ketones (excluding diaryl/α,β-unsaturated/α-hetero) is 1. The van der Waals surface area contributed by atoms with Crippen molar-refractivity contribution in [2.45, 2.75) is 18.9 Å². The van der Waals surface area contributed by atoms with Gasteiger partial charge in [-0.25, -0.2) is 0 Å². The second-order valence-corrected chi connectivity index (χ2v) is 4.76. The second kappa shape index (κ2) is 4.88. The Labute approximate surface area is 93.2 Å². The van der Waals surface area contributed by atoms with Crippen molar-refractivity contribution in [1.29, 1.82) is 0 Å². The smallest absolute Gasteiger partial charge is 0.158 e. The Balaban J connectivity index is 2.00. The Kier molecular flexibility index (Phi) is 3.51. The fraction of sp³-hybridized carbons (Fsp3) is 0.545. The lowest BCUT2D eigenvalue weighted by Gasteiger charge is -2.23. The van der Waals surface area contributed by atoms with E-state index in [1.807, 2.05) is 17.5 Å². The first-order valence-corrected chi connectivity index (χ1v) is 6.07. The summed E-state index contributed by atoms with van der Waals surface area (Å²) in [5, 5.41) is 1.95. The molecule has 0 aliphatic carbocycles. The van der Waals surface area contributed by atoms with Crippen LogP contribution in [-0.2, 0) is 9.53 Å². The molecule has 2 heterocycles. The Hall–Kier alpha value is -0.710. The minimum atomic E-state index is -0.437. The van der Waals surface area contributed by atoms with Gasteiger partial charge in [0.05, 0.1) is 6.04 Å². The largest absolute Gasteiger partial charge is 0.381 e. The molecule has 0 spiro atoms. The van der Waals surface area contributed by atoms with E-state index in [4.69, 9.17) is 10.5 Å². The fourth-order valence-electron chi connectivity index (χ4n) is 1.84. The summed E-state index contributed by atoms with van der Waals surface area (Å²) < 4.78 is 5.23. The first-order valence-electron chi connectivity index (χ1n) is 5.19. The quantitative estimate of drug-likeness (QED) is 0.852. The maximum atomic E-state index is 12.0. The molecule has 2 rings (SSSR count). The Morgan fingerprint density at radius 2 is 2.27 bits per heavy atom. The summed E-state index contributed by atoms with van der Waals surface area (Å²) in [6.45, 7) is 1.38. The number of nitrogens with two attached hydrogens (primary N) is 1. The maximum Gasteiger partial charge on any atom is 0.158 e. The van der Waals surface area contributed by atoms with Crippen molar-refractivity contribution >= 4 is 17.1 Å². The molecule has 82 valence electrons. The van der Waals surface area contributed by atoms with Gasteiger partial charge in [-0.15, -0.1) is 11.3 Å². The number of carbonyl (C=O) groups excluding carboxylic acids is 1. The van der Waals surface area contributed by atoms with Crippen LogP contribution < -0.4 is 5.73 Å². The number of ether oxygens (including phenoxy) is 1. The van der Waals surface area contributed by atoms with Crippen molar-refractivity contribution in [3.8, 4) is 0 Å². The Morgan fingerprint density at radius 3 is 2.87 bits per heavy atom. The third-order valence-corrected chi connectivity index (χ3v) is 3.74. The molecule has 3 nitrogen and oxygen atoms in total. The highest BCUT2D eigenvalue weighted by Gasteiger charge is 2.27. The van der Waals surface area contributed by atoms with Gasteiger partial charge in [0.2, 0.25) is 0 Å². The van der Waals surface area contributed by atoms with Gasteiger partial charge in [0.15, 0.2) is 5.78 Å². The average Bonchev–Trinajstić information content (AvgIpc) is 2.82. The fourth-order valence-corrected chi connectivity index (χ4v) is 2.58. The number of ketones is 1. The van der Waals surface area contributed by atoms with Crippen molar-refractivity contribution in [2.24, 2.45) is 11.7 Å². The number of rotatable bonds is 3. The zero-order valence-corrected chi connectivity index (χ0v) is 9.33. The molecular weight excluding hydrogens is 210 g/mol. The van der Waals surface area contributed by atoms with Gasteiger partial charge in [0, 0.05) is 24.0 Å². The lowest BCUT2D eigenvalue weighted by atomic mass is 9.91. The molecule has 0 saturated carbocycles. The molecule has 2 N–H and O–H groups in total. The van der Waals surface area contributed by atoms with Crippen LogP contribution >= 0.6 is 11.3 Å². The van der Waals surface area contributed by atoms with Gasteiger partial charge in [-0.3, -0.25) is 4.79 Å². The lowest BCUT2D eigenvalue weighted by molar-refractivity contribution is -0.127. The molecular formula is C11H15NO2S. The summed E-state index contributed by atoms with van der Waals surface area (Å²) in [5.41, 5.74) is 5.93. The highest BCUT2D eigenvalue weighted by molar-refractivity contribution is 7.10. The predicted molar refractivity (Wildman–Crippen MR) is 59.8 cm³/mol. The summed E-state index contributed by atoms with van der Waals surface area (Å²) in [6.07, 6.45) is 1.63. The van der Waals surface area contributed by atoms with Crippen LogP contribution in [0.5, 0.6) is 0 Å². The van der Waals surface area contributed by atoms with Crippen molar-refractivity contribution in [3.05, 3.63) is 22.4 Å². The molecule has 15 heavy (non-hydrogen) atoms. The van der Waals surface area contributed by atoms with Crippen LogP contribution in [0.4, 0.5) is 0 Å². The van der Waals surface area contributed by atoms with E-state index in [0.29, 0.717) is 13.2 Å². The summed E-state index contributed by atoms with van der Waals surface area (Å²) in [6, 6.07) is 3.41. The van der Waals surface area contributed by atoms with Crippen LogP contribution in [0.3, 0.4) is 0 Å². The summed E-state index contributed by atoms with van der Waals surface area (Å²) in [7, 11) is 0. The van der Waals surface area contributed by atoms with Crippen molar-refractivity contribution in [1.82, 2.24) is 0 Å². The molecule has 1 unspecified atom stereocenters. The van der Waals surface area contributed by atoms with Crippen LogP contribution in [-0.4, -0.2) is 19.0 Å². The van der Waals surface area contributed by atoms with Gasteiger partial charge in [-0.1, -0.05) is 6.07 Å². The molecule has 4 heteroatoms. The van der Waals surface area contributed by atoms with Gasteiger partial charge in [-0.05, 0) is 24.3 Å². The molecule has 0 aromatic carbocycles. The number of hydrogen-bond acceptors (Lipinski definition) is 4. The van der Waals surface area contributed by atoms with E-state index in [-0.39, 0.29) is 11.7 Å². The second-order valence-electron chi connectivity index (χ2n) is 3.78. The normalized spacial score (nSPS) is 20.1. The zero-order valence-electron chi connectivity index (χ0n) is 8.52. The van der Waals surface area contributed by atoms with E-state index in [1.165, 1.54) is 0 Å². The summed E-state index contributed by atoms with van der Waals surface area (Å²) in [4.78, 5) is 13.0. The van der Waals surface area contributed by atoms with Crippen LogP contribution in [0.2, 0.25) is 0 Å². The van der Waals surface area contributed by atoms with Crippen molar-refractivity contribution < 1.29 is 9.53 Å². The SMILES string of the molecule is NC(C(=O)C1CCOCC1)c1cccs1. The molecule has 1 atom stereocenters. The molecule has 1 aromatic rings. The third kappa shape index (κ3) is 2.45.